The van der Waals surface area contributed by atoms with E-state index in [9.17, 15) is 0 Å². The van der Waals surface area contributed by atoms with Crippen LogP contribution in [0.3, 0.4) is 0 Å². The van der Waals surface area contributed by atoms with Gasteiger partial charge in [-0.15, -0.1) is 0 Å². The van der Waals surface area contributed by atoms with Crippen LogP contribution in [0.5, 0.6) is 0 Å². The molecule has 0 aliphatic carbocycles. The molecule has 1 aromatic carbocycles. The zero-order valence-corrected chi connectivity index (χ0v) is 16.6. The molecule has 0 bridgehead atoms. The second kappa shape index (κ2) is 8.68. The quantitative estimate of drug-likeness (QED) is 0.531. The first-order valence-electron chi connectivity index (χ1n) is 9.00. The van der Waals surface area contributed by atoms with Crippen molar-refractivity contribution in [3.8, 4) is 11.4 Å². The summed E-state index contributed by atoms with van der Waals surface area (Å²) in [7, 11) is 0. The van der Waals surface area contributed by atoms with Gasteiger partial charge in [-0.1, -0.05) is 23.2 Å². The van der Waals surface area contributed by atoms with Gasteiger partial charge in [0, 0.05) is 61.1 Å². The molecule has 0 atom stereocenters. The normalized spacial score (nSPS) is 13.1. The molecule has 0 saturated heterocycles. The fraction of sp³-hybridized carbons (Fsp3) is 0.263. The molecule has 4 rings (SSSR count). The number of fused-ring (bicyclic) bond motifs is 1. The van der Waals surface area contributed by atoms with E-state index in [1.54, 1.807) is 30.7 Å². The standard InChI is InChI=1S/C19H19Cl2N7/c20-12-1-2-13(15(21)9-12)19-27-16-3-4-22-10-14(16)18(28-19)26-8-7-25-17-11-23-5-6-24-17/h1-2,5-6,9,11,22H,3-4,7-8,10H2,(H,24,25)(H,26,27,28). The predicted molar refractivity (Wildman–Crippen MR) is 112 cm³/mol. The third-order valence-electron chi connectivity index (χ3n) is 4.39. The van der Waals surface area contributed by atoms with E-state index in [1.807, 2.05) is 6.07 Å². The Bertz CT molecular complexity index is 966. The average molecular weight is 416 g/mol. The molecule has 28 heavy (non-hydrogen) atoms. The van der Waals surface area contributed by atoms with Gasteiger partial charge in [-0.3, -0.25) is 4.98 Å². The summed E-state index contributed by atoms with van der Waals surface area (Å²) in [6.07, 6.45) is 5.84. The Morgan fingerprint density at radius 2 is 1.96 bits per heavy atom. The fourth-order valence-electron chi connectivity index (χ4n) is 3.04. The molecule has 0 radical (unpaired) electrons. The Labute approximate surface area is 172 Å². The average Bonchev–Trinajstić information content (AvgIpc) is 2.72. The molecule has 3 aromatic rings. The molecule has 144 valence electrons. The number of halogens is 2. The van der Waals surface area contributed by atoms with Gasteiger partial charge in [0.05, 0.1) is 16.9 Å². The lowest BCUT2D eigenvalue weighted by molar-refractivity contribution is 0.628. The first-order valence-corrected chi connectivity index (χ1v) is 9.76. The Morgan fingerprint density at radius 1 is 1.07 bits per heavy atom. The molecule has 1 aliphatic rings. The lowest BCUT2D eigenvalue weighted by Crippen LogP contribution is -2.27. The van der Waals surface area contributed by atoms with Crippen molar-refractivity contribution >= 4 is 34.8 Å². The van der Waals surface area contributed by atoms with E-state index in [1.165, 1.54) is 0 Å². The van der Waals surface area contributed by atoms with Crippen molar-refractivity contribution in [1.82, 2.24) is 25.3 Å². The SMILES string of the molecule is Clc1ccc(-c2nc3c(c(NCCNc4cnccn4)n2)CNCC3)c(Cl)c1. The third-order valence-corrected chi connectivity index (χ3v) is 4.94. The highest BCUT2D eigenvalue weighted by atomic mass is 35.5. The van der Waals surface area contributed by atoms with Gasteiger partial charge in [0.1, 0.15) is 11.6 Å². The van der Waals surface area contributed by atoms with Crippen LogP contribution in [0, 0.1) is 0 Å². The molecule has 9 heteroatoms. The maximum absolute atomic E-state index is 6.37. The summed E-state index contributed by atoms with van der Waals surface area (Å²) < 4.78 is 0. The van der Waals surface area contributed by atoms with Gasteiger partial charge in [-0.2, -0.15) is 0 Å². The Kier molecular flexibility index (Phi) is 5.85. The van der Waals surface area contributed by atoms with E-state index in [4.69, 9.17) is 33.2 Å². The van der Waals surface area contributed by atoms with Gasteiger partial charge in [-0.25, -0.2) is 15.0 Å². The minimum Gasteiger partial charge on any atom is -0.368 e. The van der Waals surface area contributed by atoms with Gasteiger partial charge in [0.25, 0.3) is 0 Å². The lowest BCUT2D eigenvalue weighted by atomic mass is 10.1. The molecule has 3 heterocycles. The highest BCUT2D eigenvalue weighted by molar-refractivity contribution is 6.36. The van der Waals surface area contributed by atoms with E-state index in [0.29, 0.717) is 29.0 Å². The van der Waals surface area contributed by atoms with E-state index in [-0.39, 0.29) is 0 Å². The summed E-state index contributed by atoms with van der Waals surface area (Å²) in [6.45, 7) is 2.99. The summed E-state index contributed by atoms with van der Waals surface area (Å²) in [4.78, 5) is 17.7. The second-order valence-electron chi connectivity index (χ2n) is 6.32. The Morgan fingerprint density at radius 3 is 2.79 bits per heavy atom. The van der Waals surface area contributed by atoms with Crippen LogP contribution in [0.25, 0.3) is 11.4 Å². The van der Waals surface area contributed by atoms with Crippen molar-refractivity contribution < 1.29 is 0 Å². The van der Waals surface area contributed by atoms with Crippen molar-refractivity contribution in [2.45, 2.75) is 13.0 Å². The number of hydrogen-bond donors (Lipinski definition) is 3. The maximum Gasteiger partial charge on any atom is 0.163 e. The zero-order chi connectivity index (χ0) is 19.3. The van der Waals surface area contributed by atoms with E-state index < -0.39 is 0 Å². The number of benzene rings is 1. The Hall–Kier alpha value is -2.48. The molecule has 2 aromatic heterocycles. The molecular weight excluding hydrogens is 397 g/mol. The van der Waals surface area contributed by atoms with Crippen molar-refractivity contribution in [2.24, 2.45) is 0 Å². The predicted octanol–water partition coefficient (Wildman–Crippen LogP) is 3.41. The van der Waals surface area contributed by atoms with Gasteiger partial charge < -0.3 is 16.0 Å². The van der Waals surface area contributed by atoms with Gasteiger partial charge in [-0.05, 0) is 18.2 Å². The fourth-order valence-corrected chi connectivity index (χ4v) is 3.54. The summed E-state index contributed by atoms with van der Waals surface area (Å²) in [6, 6.07) is 5.36. The summed E-state index contributed by atoms with van der Waals surface area (Å²) >= 11 is 12.4. The van der Waals surface area contributed by atoms with Gasteiger partial charge in [0.15, 0.2) is 5.82 Å². The van der Waals surface area contributed by atoms with Crippen LogP contribution in [0.2, 0.25) is 10.0 Å². The maximum atomic E-state index is 6.37. The largest absolute Gasteiger partial charge is 0.368 e. The second-order valence-corrected chi connectivity index (χ2v) is 7.16. The van der Waals surface area contributed by atoms with Crippen molar-refractivity contribution in [2.75, 3.05) is 30.3 Å². The molecule has 7 nitrogen and oxygen atoms in total. The van der Waals surface area contributed by atoms with E-state index in [0.717, 1.165) is 48.0 Å². The molecule has 3 N–H and O–H groups in total. The number of aromatic nitrogens is 4. The molecule has 0 fully saturated rings. The molecule has 0 spiro atoms. The van der Waals surface area contributed by atoms with Crippen LogP contribution < -0.4 is 16.0 Å². The van der Waals surface area contributed by atoms with E-state index >= 15 is 0 Å². The Balaban J connectivity index is 1.55. The van der Waals surface area contributed by atoms with Crippen LogP contribution >= 0.6 is 23.2 Å². The van der Waals surface area contributed by atoms with Crippen LogP contribution in [-0.4, -0.2) is 39.6 Å². The van der Waals surface area contributed by atoms with Crippen LogP contribution in [-0.2, 0) is 13.0 Å². The highest BCUT2D eigenvalue weighted by Gasteiger charge is 2.19. The summed E-state index contributed by atoms with van der Waals surface area (Å²) in [5.41, 5.74) is 2.91. The number of anilines is 2. The lowest BCUT2D eigenvalue weighted by Gasteiger charge is -2.21. The van der Waals surface area contributed by atoms with Crippen LogP contribution in [0.1, 0.15) is 11.3 Å². The molecule has 0 amide bonds. The van der Waals surface area contributed by atoms with Crippen LogP contribution in [0.4, 0.5) is 11.6 Å². The molecule has 0 unspecified atom stereocenters. The molecular formula is C19H19Cl2N7. The topological polar surface area (TPSA) is 87.7 Å². The third kappa shape index (κ3) is 4.32. The minimum absolute atomic E-state index is 0.539. The number of hydrogen-bond acceptors (Lipinski definition) is 7. The first-order chi connectivity index (χ1) is 13.7. The van der Waals surface area contributed by atoms with Gasteiger partial charge in [0.2, 0.25) is 0 Å². The minimum atomic E-state index is 0.539. The number of rotatable bonds is 6. The number of nitrogens with one attached hydrogen (secondary N) is 3. The zero-order valence-electron chi connectivity index (χ0n) is 15.0. The van der Waals surface area contributed by atoms with Gasteiger partial charge >= 0.3 is 0 Å². The van der Waals surface area contributed by atoms with Crippen molar-refractivity contribution in [3.63, 3.8) is 0 Å². The van der Waals surface area contributed by atoms with Crippen LogP contribution in [0.15, 0.2) is 36.8 Å². The first kappa shape index (κ1) is 18.9. The van der Waals surface area contributed by atoms with E-state index in [2.05, 4.69) is 25.9 Å². The summed E-state index contributed by atoms with van der Waals surface area (Å²) in [5.74, 6) is 2.16. The molecule has 1 aliphatic heterocycles. The van der Waals surface area contributed by atoms with Crippen molar-refractivity contribution in [1.29, 1.82) is 0 Å². The highest BCUT2D eigenvalue weighted by Crippen LogP contribution is 2.31. The molecule has 0 saturated carbocycles. The smallest absolute Gasteiger partial charge is 0.163 e. The summed E-state index contributed by atoms with van der Waals surface area (Å²) in [5, 5.41) is 11.1. The number of nitrogens with zero attached hydrogens (tertiary/aromatic N) is 4. The monoisotopic (exact) mass is 415 g/mol. The van der Waals surface area contributed by atoms with Crippen molar-refractivity contribution in [3.05, 3.63) is 58.1 Å².